The number of amides is 1. The van der Waals surface area contributed by atoms with Crippen LogP contribution >= 0.6 is 0 Å². The maximum atomic E-state index is 11.5. The highest BCUT2D eigenvalue weighted by Gasteiger charge is 2.09. The average molecular weight is 223 g/mol. The zero-order chi connectivity index (χ0) is 12.1. The molecule has 0 aliphatic rings. The average Bonchev–Trinajstić information content (AvgIpc) is 2.28. The Morgan fingerprint density at radius 3 is 2.31 bits per heavy atom. The van der Waals surface area contributed by atoms with Crippen molar-refractivity contribution in [2.24, 2.45) is 0 Å². The maximum Gasteiger partial charge on any atom is 0.226 e. The molecule has 4 heteroatoms. The maximum absolute atomic E-state index is 11.5. The van der Waals surface area contributed by atoms with Crippen LogP contribution in [0.2, 0.25) is 0 Å². The lowest BCUT2D eigenvalue weighted by Crippen LogP contribution is -2.23. The van der Waals surface area contributed by atoms with Gasteiger partial charge in [0.2, 0.25) is 5.91 Å². The molecule has 0 spiro atoms. The number of carbonyl (C=O) groups is 1. The number of nitrogens with zero attached hydrogens (tertiary/aromatic N) is 1. The lowest BCUT2D eigenvalue weighted by atomic mass is 10.1. The van der Waals surface area contributed by atoms with Gasteiger partial charge in [-0.1, -0.05) is 6.07 Å². The highest BCUT2D eigenvalue weighted by Crippen LogP contribution is 2.27. The van der Waals surface area contributed by atoms with E-state index in [0.717, 1.165) is 5.56 Å². The third-order valence-corrected chi connectivity index (χ3v) is 2.30. The van der Waals surface area contributed by atoms with Crippen molar-refractivity contribution in [1.82, 2.24) is 4.90 Å². The molecule has 88 valence electrons. The second-order valence-corrected chi connectivity index (χ2v) is 3.65. The molecule has 0 bridgehead atoms. The molecule has 1 aromatic rings. The van der Waals surface area contributed by atoms with Crippen molar-refractivity contribution in [3.05, 3.63) is 23.8 Å². The Balaban J connectivity index is 2.87. The van der Waals surface area contributed by atoms with Crippen LogP contribution in [-0.2, 0) is 11.2 Å². The molecule has 0 unspecified atom stereocenters. The Labute approximate surface area is 95.8 Å². The minimum atomic E-state index is 0.0622. The summed E-state index contributed by atoms with van der Waals surface area (Å²) in [6.07, 6.45) is 0.368. The molecule has 0 heterocycles. The first-order valence-electron chi connectivity index (χ1n) is 4.99. The van der Waals surface area contributed by atoms with Crippen LogP contribution < -0.4 is 9.47 Å². The van der Waals surface area contributed by atoms with E-state index in [4.69, 9.17) is 9.47 Å². The largest absolute Gasteiger partial charge is 0.493 e. The summed E-state index contributed by atoms with van der Waals surface area (Å²) in [5, 5.41) is 0. The summed E-state index contributed by atoms with van der Waals surface area (Å²) in [4.78, 5) is 13.1. The van der Waals surface area contributed by atoms with Gasteiger partial charge in [0, 0.05) is 14.1 Å². The van der Waals surface area contributed by atoms with Crippen molar-refractivity contribution in [2.45, 2.75) is 6.42 Å². The first kappa shape index (κ1) is 12.4. The van der Waals surface area contributed by atoms with Crippen LogP contribution in [0.15, 0.2) is 18.2 Å². The van der Waals surface area contributed by atoms with Crippen LogP contribution in [0.25, 0.3) is 0 Å². The van der Waals surface area contributed by atoms with Gasteiger partial charge in [-0.25, -0.2) is 0 Å². The summed E-state index contributed by atoms with van der Waals surface area (Å²) in [5.41, 5.74) is 0.913. The van der Waals surface area contributed by atoms with E-state index in [-0.39, 0.29) is 5.91 Å². The standard InChI is InChI=1S/C12H17NO3/c1-13(2)12(14)8-9-5-6-10(15-3)11(7-9)16-4/h5-7H,8H2,1-4H3. The number of carbonyl (C=O) groups excluding carboxylic acids is 1. The Morgan fingerprint density at radius 2 is 1.81 bits per heavy atom. The second kappa shape index (κ2) is 5.39. The molecule has 4 nitrogen and oxygen atoms in total. The van der Waals surface area contributed by atoms with Crippen molar-refractivity contribution >= 4 is 5.91 Å². The lowest BCUT2D eigenvalue weighted by Gasteiger charge is -2.12. The van der Waals surface area contributed by atoms with Crippen LogP contribution in [0.1, 0.15) is 5.56 Å². The highest BCUT2D eigenvalue weighted by molar-refractivity contribution is 5.78. The van der Waals surface area contributed by atoms with Crippen molar-refractivity contribution < 1.29 is 14.3 Å². The Hall–Kier alpha value is -1.71. The molecule has 0 saturated heterocycles. The van der Waals surface area contributed by atoms with E-state index in [2.05, 4.69) is 0 Å². The second-order valence-electron chi connectivity index (χ2n) is 3.65. The smallest absolute Gasteiger partial charge is 0.226 e. The van der Waals surface area contributed by atoms with Crippen LogP contribution in [0.4, 0.5) is 0 Å². The first-order chi connectivity index (χ1) is 7.58. The van der Waals surface area contributed by atoms with Crippen molar-refractivity contribution in [1.29, 1.82) is 0 Å². The Morgan fingerprint density at radius 1 is 1.19 bits per heavy atom. The zero-order valence-corrected chi connectivity index (χ0v) is 10.1. The van der Waals surface area contributed by atoms with E-state index in [1.165, 1.54) is 0 Å². The normalized spacial score (nSPS) is 9.75. The van der Waals surface area contributed by atoms with E-state index >= 15 is 0 Å². The minimum Gasteiger partial charge on any atom is -0.493 e. The number of hydrogen-bond acceptors (Lipinski definition) is 3. The van der Waals surface area contributed by atoms with Gasteiger partial charge in [0.05, 0.1) is 20.6 Å². The monoisotopic (exact) mass is 223 g/mol. The van der Waals surface area contributed by atoms with E-state index in [9.17, 15) is 4.79 Å². The van der Waals surface area contributed by atoms with Gasteiger partial charge in [-0.15, -0.1) is 0 Å². The summed E-state index contributed by atoms with van der Waals surface area (Å²) in [6, 6.07) is 5.49. The molecular weight excluding hydrogens is 206 g/mol. The van der Waals surface area contributed by atoms with E-state index in [1.807, 2.05) is 12.1 Å². The SMILES string of the molecule is COc1ccc(CC(=O)N(C)C)cc1OC. The van der Waals surface area contributed by atoms with E-state index in [0.29, 0.717) is 17.9 Å². The van der Waals surface area contributed by atoms with Gasteiger partial charge in [0.25, 0.3) is 0 Å². The number of hydrogen-bond donors (Lipinski definition) is 0. The summed E-state index contributed by atoms with van der Waals surface area (Å²) >= 11 is 0. The number of ether oxygens (including phenoxy) is 2. The summed E-state index contributed by atoms with van der Waals surface area (Å²) in [7, 11) is 6.64. The van der Waals surface area contributed by atoms with Crippen LogP contribution in [-0.4, -0.2) is 39.1 Å². The summed E-state index contributed by atoms with van der Waals surface area (Å²) in [6.45, 7) is 0. The fourth-order valence-corrected chi connectivity index (χ4v) is 1.32. The molecule has 0 N–H and O–H groups in total. The molecule has 1 aromatic carbocycles. The van der Waals surface area contributed by atoms with Crippen LogP contribution in [0, 0.1) is 0 Å². The molecule has 0 atom stereocenters. The van der Waals surface area contributed by atoms with Crippen molar-refractivity contribution in [3.63, 3.8) is 0 Å². The van der Waals surface area contributed by atoms with E-state index in [1.54, 1.807) is 39.3 Å². The molecular formula is C12H17NO3. The van der Waals surface area contributed by atoms with Crippen LogP contribution in [0.3, 0.4) is 0 Å². The Kier molecular flexibility index (Phi) is 4.17. The molecule has 0 aromatic heterocycles. The van der Waals surface area contributed by atoms with Gasteiger partial charge in [-0.2, -0.15) is 0 Å². The number of likely N-dealkylation sites (N-methyl/N-ethyl adjacent to an activating group) is 1. The van der Waals surface area contributed by atoms with Crippen molar-refractivity contribution in [3.8, 4) is 11.5 Å². The van der Waals surface area contributed by atoms with Gasteiger partial charge in [0.15, 0.2) is 11.5 Å². The number of benzene rings is 1. The number of rotatable bonds is 4. The van der Waals surface area contributed by atoms with Gasteiger partial charge < -0.3 is 14.4 Å². The molecule has 0 aliphatic heterocycles. The van der Waals surface area contributed by atoms with Crippen molar-refractivity contribution in [2.75, 3.05) is 28.3 Å². The van der Waals surface area contributed by atoms with E-state index < -0.39 is 0 Å². The van der Waals surface area contributed by atoms with Crippen LogP contribution in [0.5, 0.6) is 11.5 Å². The third kappa shape index (κ3) is 2.89. The fraction of sp³-hybridized carbons (Fsp3) is 0.417. The Bertz CT molecular complexity index is 375. The van der Waals surface area contributed by atoms with Gasteiger partial charge in [0.1, 0.15) is 0 Å². The number of methoxy groups -OCH3 is 2. The predicted octanol–water partition coefficient (Wildman–Crippen LogP) is 1.33. The molecule has 0 saturated carbocycles. The minimum absolute atomic E-state index is 0.0622. The predicted molar refractivity (Wildman–Crippen MR) is 61.9 cm³/mol. The first-order valence-corrected chi connectivity index (χ1v) is 4.99. The highest BCUT2D eigenvalue weighted by atomic mass is 16.5. The van der Waals surface area contributed by atoms with Gasteiger partial charge in [-0.3, -0.25) is 4.79 Å². The lowest BCUT2D eigenvalue weighted by molar-refractivity contribution is -0.127. The molecule has 0 aliphatic carbocycles. The topological polar surface area (TPSA) is 38.8 Å². The van der Waals surface area contributed by atoms with Gasteiger partial charge >= 0.3 is 0 Å². The molecule has 16 heavy (non-hydrogen) atoms. The molecule has 0 radical (unpaired) electrons. The molecule has 1 amide bonds. The van der Waals surface area contributed by atoms with Gasteiger partial charge in [-0.05, 0) is 17.7 Å². The summed E-state index contributed by atoms with van der Waals surface area (Å²) in [5.74, 6) is 1.38. The zero-order valence-electron chi connectivity index (χ0n) is 10.1. The quantitative estimate of drug-likeness (QED) is 0.773. The fourth-order valence-electron chi connectivity index (χ4n) is 1.32. The third-order valence-electron chi connectivity index (χ3n) is 2.30. The molecule has 0 fully saturated rings. The summed E-state index contributed by atoms with van der Waals surface area (Å²) < 4.78 is 10.3. The molecule has 1 rings (SSSR count).